The van der Waals surface area contributed by atoms with Gasteiger partial charge < -0.3 is 19.6 Å². The number of carbonyl (C=O) groups excluding carboxylic acids is 2. The van der Waals surface area contributed by atoms with Gasteiger partial charge in [0.25, 0.3) is 11.8 Å². The second kappa shape index (κ2) is 10.8. The van der Waals surface area contributed by atoms with Crippen LogP contribution in [0.1, 0.15) is 34.6 Å². The van der Waals surface area contributed by atoms with Gasteiger partial charge in [0.05, 0.1) is 24.8 Å². The molecule has 1 aromatic carbocycles. The van der Waals surface area contributed by atoms with Crippen LogP contribution >= 0.6 is 0 Å². The van der Waals surface area contributed by atoms with Crippen molar-refractivity contribution >= 4 is 11.8 Å². The van der Waals surface area contributed by atoms with Gasteiger partial charge in [-0.25, -0.2) is 9.37 Å². The number of hydrogen-bond acceptors (Lipinski definition) is 6. The van der Waals surface area contributed by atoms with Crippen LogP contribution in [0.4, 0.5) is 4.39 Å². The highest BCUT2D eigenvalue weighted by Gasteiger charge is 2.35. The summed E-state index contributed by atoms with van der Waals surface area (Å²) in [5.41, 5.74) is 1.73. The van der Waals surface area contributed by atoms with Crippen LogP contribution in [-0.2, 0) is 0 Å². The molecule has 0 unspecified atom stereocenters. The van der Waals surface area contributed by atoms with E-state index in [1.165, 1.54) is 23.1 Å². The van der Waals surface area contributed by atoms with E-state index in [2.05, 4.69) is 9.97 Å². The average Bonchev–Trinajstić information content (AvgIpc) is 2.90. The zero-order valence-electron chi connectivity index (χ0n) is 20.5. The maximum absolute atomic E-state index is 14.2. The first-order valence-electron chi connectivity index (χ1n) is 11.8. The summed E-state index contributed by atoms with van der Waals surface area (Å²) in [5.74, 6) is -1.43. The molecule has 0 saturated heterocycles. The molecule has 1 N–H and O–H groups in total. The summed E-state index contributed by atoms with van der Waals surface area (Å²) in [4.78, 5) is 38.1. The molecule has 0 fully saturated rings. The Morgan fingerprint density at radius 1 is 1.25 bits per heavy atom. The van der Waals surface area contributed by atoms with Gasteiger partial charge in [-0.15, -0.1) is 0 Å². The van der Waals surface area contributed by atoms with Crippen molar-refractivity contribution in [2.24, 2.45) is 5.92 Å². The van der Waals surface area contributed by atoms with Crippen molar-refractivity contribution in [2.75, 3.05) is 26.7 Å². The number of ether oxygens (including phenoxy) is 1. The number of aliphatic hydroxyl groups is 1. The fraction of sp³-hybridized carbons (Fsp3) is 0.333. The number of hydrogen-bond donors (Lipinski definition) is 1. The lowest BCUT2D eigenvalue weighted by Gasteiger charge is -2.37. The van der Waals surface area contributed by atoms with E-state index < -0.39 is 23.9 Å². The lowest BCUT2D eigenvalue weighted by Crippen LogP contribution is -2.50. The SMILES string of the molecule is C[C@@H]1CN([C@@H](C)CO)C(=O)c2cc(-c3cccnc3)cnc2O[C@@H]1CN(C)C(=O)c1ccccc1F. The largest absolute Gasteiger partial charge is 0.472 e. The number of halogens is 1. The molecule has 188 valence electrons. The first-order chi connectivity index (χ1) is 17.3. The first kappa shape index (κ1) is 25.2. The quantitative estimate of drug-likeness (QED) is 0.568. The Balaban J connectivity index is 1.68. The highest BCUT2D eigenvalue weighted by molar-refractivity contribution is 5.98. The fourth-order valence-electron chi connectivity index (χ4n) is 4.20. The molecule has 4 rings (SSSR count). The van der Waals surface area contributed by atoms with E-state index in [0.717, 1.165) is 5.56 Å². The summed E-state index contributed by atoms with van der Waals surface area (Å²) in [5, 5.41) is 9.83. The van der Waals surface area contributed by atoms with Crippen LogP contribution in [0.2, 0.25) is 0 Å². The monoisotopic (exact) mass is 492 g/mol. The summed E-state index contributed by atoms with van der Waals surface area (Å²) in [6, 6.07) is 10.8. The number of amides is 2. The summed E-state index contributed by atoms with van der Waals surface area (Å²) < 4.78 is 20.4. The summed E-state index contributed by atoms with van der Waals surface area (Å²) in [7, 11) is 1.59. The predicted molar refractivity (Wildman–Crippen MR) is 132 cm³/mol. The molecule has 3 heterocycles. The number of benzene rings is 1. The Morgan fingerprint density at radius 2 is 2.03 bits per heavy atom. The molecule has 1 aliphatic heterocycles. The van der Waals surface area contributed by atoms with Crippen molar-refractivity contribution in [1.29, 1.82) is 0 Å². The molecule has 9 heteroatoms. The molecular formula is C27H29FN4O4. The molecular weight excluding hydrogens is 463 g/mol. The molecule has 3 atom stereocenters. The Hall–Kier alpha value is -3.85. The standard InChI is InChI=1S/C27H29FN4O4/c1-17-14-32(18(2)16-33)27(35)22-11-20(19-7-6-10-29-12-19)13-30-25(22)36-24(17)15-31(3)26(34)21-8-4-5-9-23(21)28/h4-13,17-18,24,33H,14-16H2,1-3H3/t17-,18+,24-/m1/s1. The van der Waals surface area contributed by atoms with Crippen molar-refractivity contribution in [1.82, 2.24) is 19.8 Å². The van der Waals surface area contributed by atoms with E-state index in [1.807, 2.05) is 13.0 Å². The number of pyridine rings is 2. The van der Waals surface area contributed by atoms with Gasteiger partial charge in [0.15, 0.2) is 0 Å². The molecule has 36 heavy (non-hydrogen) atoms. The van der Waals surface area contributed by atoms with Gasteiger partial charge >= 0.3 is 0 Å². The maximum atomic E-state index is 14.2. The fourth-order valence-corrected chi connectivity index (χ4v) is 4.20. The third kappa shape index (κ3) is 5.21. The van der Waals surface area contributed by atoms with Crippen LogP contribution < -0.4 is 4.74 Å². The van der Waals surface area contributed by atoms with Crippen molar-refractivity contribution < 1.29 is 23.8 Å². The summed E-state index contributed by atoms with van der Waals surface area (Å²) in [6.07, 6.45) is 4.41. The molecule has 2 aromatic heterocycles. The van der Waals surface area contributed by atoms with Gasteiger partial charge in [0.1, 0.15) is 17.5 Å². The van der Waals surface area contributed by atoms with E-state index >= 15 is 0 Å². The lowest BCUT2D eigenvalue weighted by molar-refractivity contribution is 0.0312. The number of nitrogens with zero attached hydrogens (tertiary/aromatic N) is 4. The van der Waals surface area contributed by atoms with E-state index in [-0.39, 0.29) is 42.0 Å². The second-order valence-electron chi connectivity index (χ2n) is 9.11. The van der Waals surface area contributed by atoms with Crippen LogP contribution in [0.15, 0.2) is 61.1 Å². The zero-order chi connectivity index (χ0) is 25.8. The second-order valence-corrected chi connectivity index (χ2v) is 9.11. The molecule has 0 saturated carbocycles. The highest BCUT2D eigenvalue weighted by Crippen LogP contribution is 2.30. The third-order valence-electron chi connectivity index (χ3n) is 6.42. The molecule has 2 amide bonds. The van der Waals surface area contributed by atoms with Crippen LogP contribution in [0.3, 0.4) is 0 Å². The molecule has 8 nitrogen and oxygen atoms in total. The van der Waals surface area contributed by atoms with Crippen LogP contribution in [-0.4, -0.2) is 75.6 Å². The Labute approximate surface area is 209 Å². The normalized spacial score (nSPS) is 18.5. The first-order valence-corrected chi connectivity index (χ1v) is 11.8. The lowest BCUT2D eigenvalue weighted by atomic mass is 9.99. The number of fused-ring (bicyclic) bond motifs is 1. The summed E-state index contributed by atoms with van der Waals surface area (Å²) >= 11 is 0. The number of likely N-dealkylation sites (N-methyl/N-ethyl adjacent to an activating group) is 1. The smallest absolute Gasteiger partial charge is 0.259 e. The van der Waals surface area contributed by atoms with E-state index in [1.54, 1.807) is 55.7 Å². The van der Waals surface area contributed by atoms with Gasteiger partial charge in [-0.3, -0.25) is 14.6 Å². The number of rotatable bonds is 6. The zero-order valence-corrected chi connectivity index (χ0v) is 20.5. The third-order valence-corrected chi connectivity index (χ3v) is 6.42. The molecule has 3 aromatic rings. The van der Waals surface area contributed by atoms with Crippen molar-refractivity contribution in [2.45, 2.75) is 26.0 Å². The van der Waals surface area contributed by atoms with Gasteiger partial charge in [-0.05, 0) is 31.2 Å². The Morgan fingerprint density at radius 3 is 2.72 bits per heavy atom. The van der Waals surface area contributed by atoms with Gasteiger partial charge in [-0.1, -0.05) is 25.1 Å². The van der Waals surface area contributed by atoms with Crippen LogP contribution in [0.25, 0.3) is 11.1 Å². The Kier molecular flexibility index (Phi) is 7.59. The number of aliphatic hydroxyl groups excluding tert-OH is 1. The topological polar surface area (TPSA) is 95.9 Å². The van der Waals surface area contributed by atoms with Crippen molar-refractivity contribution in [3.63, 3.8) is 0 Å². The highest BCUT2D eigenvalue weighted by atomic mass is 19.1. The van der Waals surface area contributed by atoms with E-state index in [4.69, 9.17) is 4.74 Å². The van der Waals surface area contributed by atoms with Gasteiger partial charge in [-0.2, -0.15) is 0 Å². The number of carbonyl (C=O) groups is 2. The van der Waals surface area contributed by atoms with Crippen LogP contribution in [0.5, 0.6) is 5.88 Å². The Bertz CT molecular complexity index is 1240. The average molecular weight is 493 g/mol. The van der Waals surface area contributed by atoms with E-state index in [9.17, 15) is 19.1 Å². The molecule has 0 radical (unpaired) electrons. The summed E-state index contributed by atoms with van der Waals surface area (Å²) in [6.45, 7) is 3.92. The minimum Gasteiger partial charge on any atom is -0.472 e. The minimum absolute atomic E-state index is 0.0242. The predicted octanol–water partition coefficient (Wildman–Crippen LogP) is 3.28. The molecule has 1 aliphatic rings. The number of aromatic nitrogens is 2. The maximum Gasteiger partial charge on any atom is 0.259 e. The minimum atomic E-state index is -0.593. The molecule has 0 aliphatic carbocycles. The van der Waals surface area contributed by atoms with Gasteiger partial charge in [0.2, 0.25) is 5.88 Å². The van der Waals surface area contributed by atoms with Crippen LogP contribution in [0, 0.1) is 11.7 Å². The van der Waals surface area contributed by atoms with E-state index in [0.29, 0.717) is 12.1 Å². The molecule has 0 bridgehead atoms. The molecule has 0 spiro atoms. The van der Waals surface area contributed by atoms with Gasteiger partial charge in [0, 0.05) is 49.2 Å². The van der Waals surface area contributed by atoms with Crippen molar-refractivity contribution in [3.05, 3.63) is 78.0 Å². The van der Waals surface area contributed by atoms with Crippen molar-refractivity contribution in [3.8, 4) is 17.0 Å².